The van der Waals surface area contributed by atoms with Gasteiger partial charge in [0, 0.05) is 39.3 Å². The van der Waals surface area contributed by atoms with Gasteiger partial charge in [0.25, 0.3) is 0 Å². The van der Waals surface area contributed by atoms with Crippen molar-refractivity contribution in [1.82, 2.24) is 20.0 Å². The van der Waals surface area contributed by atoms with Crippen LogP contribution in [-0.2, 0) is 18.5 Å². The number of nitrogen functional groups attached to an aromatic ring is 1. The molecule has 0 fully saturated rings. The summed E-state index contributed by atoms with van der Waals surface area (Å²) < 4.78 is 4.36. The zero-order chi connectivity index (χ0) is 32.4. The highest BCUT2D eigenvalue weighted by atomic mass is 32.1. The predicted molar refractivity (Wildman–Crippen MR) is 199 cm³/mol. The van der Waals surface area contributed by atoms with Crippen molar-refractivity contribution >= 4 is 48.2 Å². The summed E-state index contributed by atoms with van der Waals surface area (Å²) in [6.07, 6.45) is 0.757. The van der Waals surface area contributed by atoms with Gasteiger partial charge in [-0.05, 0) is 60.0 Å². The van der Waals surface area contributed by atoms with Crippen LogP contribution in [0.4, 0.5) is 5.69 Å². The van der Waals surface area contributed by atoms with Crippen LogP contribution in [0.1, 0.15) is 36.1 Å². The van der Waals surface area contributed by atoms with Gasteiger partial charge in [-0.25, -0.2) is 0 Å². The average Bonchev–Trinajstić information content (AvgIpc) is 3.51. The topological polar surface area (TPSA) is 79.1 Å². The first-order valence-electron chi connectivity index (χ1n) is 16.5. The Balaban J connectivity index is 1.34. The number of likely N-dealkylation sites (N-methyl/N-ethyl adjacent to an activating group) is 1. The number of anilines is 1. The molecule has 0 saturated carbocycles. The molecule has 0 radical (unpaired) electrons. The quantitative estimate of drug-likeness (QED) is 0.0726. The monoisotopic (exact) mass is 639 g/mol. The van der Waals surface area contributed by atoms with Gasteiger partial charge in [0.15, 0.2) is 5.43 Å². The number of fused-ring (bicyclic) bond motifs is 2. The van der Waals surface area contributed by atoms with Crippen molar-refractivity contribution in [2.45, 2.75) is 32.4 Å². The highest BCUT2D eigenvalue weighted by molar-refractivity contribution is 7.25. The van der Waals surface area contributed by atoms with Crippen molar-refractivity contribution in [3.05, 3.63) is 148 Å². The van der Waals surface area contributed by atoms with Gasteiger partial charge in [-0.1, -0.05) is 105 Å². The first-order valence-corrected chi connectivity index (χ1v) is 17.3. The summed E-state index contributed by atoms with van der Waals surface area (Å²) in [5.74, 6) is 0. The highest BCUT2D eigenvalue weighted by Gasteiger charge is 2.35. The molecule has 2 aromatic heterocycles. The number of nitrogens with two attached hydrogens (primary N) is 1. The Kier molecular flexibility index (Phi) is 8.69. The van der Waals surface area contributed by atoms with Crippen LogP contribution in [0.3, 0.4) is 0 Å². The van der Waals surface area contributed by atoms with Crippen LogP contribution >= 0.6 is 11.3 Å². The average molecular weight is 640 g/mol. The van der Waals surface area contributed by atoms with Gasteiger partial charge in [0.05, 0.1) is 28.8 Å². The van der Waals surface area contributed by atoms with Crippen LogP contribution in [0.2, 0.25) is 0 Å². The molecule has 238 valence electrons. The number of nitrogens with one attached hydrogen (secondary N) is 2. The van der Waals surface area contributed by atoms with E-state index < -0.39 is 5.54 Å². The second kappa shape index (κ2) is 13.2. The number of hydrogen-bond donors (Lipinski definition) is 3. The molecule has 0 spiro atoms. The summed E-state index contributed by atoms with van der Waals surface area (Å²) in [5.41, 5.74) is 14.0. The van der Waals surface area contributed by atoms with Crippen LogP contribution in [0.15, 0.2) is 120 Å². The summed E-state index contributed by atoms with van der Waals surface area (Å²) >= 11 is 1.69. The number of aromatic amines is 1. The summed E-state index contributed by atoms with van der Waals surface area (Å²) in [5, 5.41) is 9.95. The number of benzene rings is 5. The van der Waals surface area contributed by atoms with Gasteiger partial charge < -0.3 is 10.6 Å². The minimum Gasteiger partial charge on any atom is -0.397 e. The molecule has 7 rings (SSSR count). The fourth-order valence-corrected chi connectivity index (χ4v) is 8.38. The van der Waals surface area contributed by atoms with Crippen molar-refractivity contribution < 1.29 is 0 Å². The summed E-state index contributed by atoms with van der Waals surface area (Å²) in [6, 6.07) is 39.6. The number of hydrogen-bond acceptors (Lipinski definition) is 5. The minimum absolute atomic E-state index is 0.0222. The van der Waals surface area contributed by atoms with E-state index in [9.17, 15) is 4.79 Å². The molecule has 7 heteroatoms. The predicted octanol–water partition coefficient (Wildman–Crippen LogP) is 7.75. The number of aromatic nitrogens is 2. The van der Waals surface area contributed by atoms with Crippen molar-refractivity contribution in [2.75, 3.05) is 31.9 Å². The number of H-pyrrole nitrogens is 1. The van der Waals surface area contributed by atoms with E-state index in [1.165, 1.54) is 27.0 Å². The molecule has 0 aliphatic heterocycles. The number of rotatable bonds is 12. The summed E-state index contributed by atoms with van der Waals surface area (Å²) in [7, 11) is 0. The van der Waals surface area contributed by atoms with Crippen molar-refractivity contribution in [3.63, 3.8) is 0 Å². The van der Waals surface area contributed by atoms with E-state index >= 15 is 0 Å². The van der Waals surface area contributed by atoms with Crippen molar-refractivity contribution in [2.24, 2.45) is 0 Å². The maximum absolute atomic E-state index is 12.5. The molecular weight excluding hydrogens is 599 g/mol. The standard InChI is InChI=1S/C40H41N5OS/c1-3-44(4-2)24-25-45-38-34(41)26-28(39-36(38)37(43-45)33-21-20-32(46)27-35(33)47-39)22-23-42-40(29-14-8-5-9-15-29,30-16-10-6-11-17-30)31-18-12-7-13-19-31/h5-21,26-27,42-43H,3-4,22-25,41H2,1-2H3. The van der Waals surface area contributed by atoms with Crippen molar-refractivity contribution in [1.29, 1.82) is 0 Å². The third kappa shape index (κ3) is 5.65. The maximum atomic E-state index is 12.5. The van der Waals surface area contributed by atoms with Crippen LogP contribution in [0.25, 0.3) is 31.2 Å². The van der Waals surface area contributed by atoms with Crippen LogP contribution in [0.5, 0.6) is 0 Å². The fourth-order valence-electron chi connectivity index (χ4n) is 7.11. The largest absolute Gasteiger partial charge is 0.397 e. The molecule has 5 aromatic carbocycles. The lowest BCUT2D eigenvalue weighted by atomic mass is 9.77. The SMILES string of the molecule is CCN(CC)CCn1[nH]c2c3ccc(=O)cc3sc3c(CCNC(c4ccccc4)(c4ccccc4)c4ccccc4)cc(N)c1c32. The molecule has 2 heterocycles. The Bertz CT molecular complexity index is 2080. The van der Waals surface area contributed by atoms with Gasteiger partial charge in [0.1, 0.15) is 0 Å². The molecule has 0 saturated heterocycles. The van der Waals surface area contributed by atoms with E-state index in [2.05, 4.69) is 131 Å². The second-order valence-electron chi connectivity index (χ2n) is 12.1. The molecule has 0 amide bonds. The molecule has 4 N–H and O–H groups in total. The lowest BCUT2D eigenvalue weighted by Crippen LogP contribution is -2.45. The lowest BCUT2D eigenvalue weighted by Gasteiger charge is -2.37. The number of nitrogens with zero attached hydrogens (tertiary/aromatic N) is 2. The first kappa shape index (κ1) is 30.9. The zero-order valence-corrected chi connectivity index (χ0v) is 27.8. The Labute approximate surface area is 279 Å². The zero-order valence-electron chi connectivity index (χ0n) is 27.0. The molecule has 0 atom stereocenters. The maximum Gasteiger partial charge on any atom is 0.180 e. The van der Waals surface area contributed by atoms with E-state index in [0.717, 1.165) is 64.8 Å². The lowest BCUT2D eigenvalue weighted by molar-refractivity contribution is 0.287. The molecule has 0 bridgehead atoms. The fraction of sp³-hybridized carbons (Fsp3) is 0.225. The van der Waals surface area contributed by atoms with Gasteiger partial charge in [0.2, 0.25) is 0 Å². The van der Waals surface area contributed by atoms with Crippen molar-refractivity contribution in [3.8, 4) is 0 Å². The molecule has 0 aliphatic carbocycles. The Morgan fingerprint density at radius 1 is 0.830 bits per heavy atom. The Morgan fingerprint density at radius 3 is 2.00 bits per heavy atom. The molecule has 47 heavy (non-hydrogen) atoms. The van der Waals surface area contributed by atoms with Crippen LogP contribution in [-0.4, -0.2) is 40.9 Å². The first-order chi connectivity index (χ1) is 23.0. The second-order valence-corrected chi connectivity index (χ2v) is 13.2. The van der Waals surface area contributed by atoms with Crippen LogP contribution in [0, 0.1) is 0 Å². The summed E-state index contributed by atoms with van der Waals surface area (Å²) in [6.45, 7) is 8.83. The van der Waals surface area contributed by atoms with Gasteiger partial charge >= 0.3 is 0 Å². The van der Waals surface area contributed by atoms with E-state index in [1.807, 2.05) is 6.07 Å². The molecule has 7 aromatic rings. The van der Waals surface area contributed by atoms with E-state index in [0.29, 0.717) is 6.54 Å². The van der Waals surface area contributed by atoms with E-state index in [-0.39, 0.29) is 5.43 Å². The smallest absolute Gasteiger partial charge is 0.180 e. The Hall–Kier alpha value is -4.69. The van der Waals surface area contributed by atoms with Gasteiger partial charge in [-0.2, -0.15) is 0 Å². The Morgan fingerprint density at radius 2 is 1.43 bits per heavy atom. The normalized spacial score (nSPS) is 12.1. The third-order valence-electron chi connectivity index (χ3n) is 9.50. The molecular formula is C40H41N5OS. The molecule has 6 nitrogen and oxygen atoms in total. The molecule has 0 unspecified atom stereocenters. The van der Waals surface area contributed by atoms with E-state index in [4.69, 9.17) is 5.73 Å². The van der Waals surface area contributed by atoms with E-state index in [1.54, 1.807) is 23.5 Å². The highest BCUT2D eigenvalue weighted by Crippen LogP contribution is 2.41. The third-order valence-corrected chi connectivity index (χ3v) is 10.7. The minimum atomic E-state index is -0.555. The summed E-state index contributed by atoms with van der Waals surface area (Å²) in [4.78, 5) is 14.9. The van der Waals surface area contributed by atoms with Crippen LogP contribution < -0.4 is 16.5 Å². The molecule has 0 aliphatic rings. The van der Waals surface area contributed by atoms with Gasteiger partial charge in [-0.3, -0.25) is 19.9 Å². The van der Waals surface area contributed by atoms with Gasteiger partial charge in [-0.15, -0.1) is 11.3 Å².